The molecule has 3 aromatic rings. The number of carbonyl (C=O) groups is 1. The average molecular weight is 250 g/mol. The van der Waals surface area contributed by atoms with Gasteiger partial charge in [0.2, 0.25) is 0 Å². The van der Waals surface area contributed by atoms with Crippen LogP contribution < -0.4 is 0 Å². The van der Waals surface area contributed by atoms with Gasteiger partial charge in [0.25, 0.3) is 0 Å². The molecule has 1 heterocycles. The predicted octanol–water partition coefficient (Wildman–Crippen LogP) is 3.33. The highest BCUT2D eigenvalue weighted by molar-refractivity contribution is 6.08. The Labute approximate surface area is 111 Å². The molecule has 1 aromatic heterocycles. The number of carbonyl (C=O) groups excluding carboxylic acids is 1. The zero-order valence-corrected chi connectivity index (χ0v) is 10.4. The predicted molar refractivity (Wildman–Crippen MR) is 74.9 cm³/mol. The Morgan fingerprint density at radius 2 is 1.32 bits per heavy atom. The quantitative estimate of drug-likeness (QED) is 0.709. The summed E-state index contributed by atoms with van der Waals surface area (Å²) in [7, 11) is 0. The molecule has 0 fully saturated rings. The molecular weight excluding hydrogens is 236 g/mol. The Morgan fingerprint density at radius 1 is 0.789 bits per heavy atom. The van der Waals surface area contributed by atoms with Crippen molar-refractivity contribution in [3.8, 4) is 0 Å². The zero-order valence-electron chi connectivity index (χ0n) is 10.4. The first-order valence-corrected chi connectivity index (χ1v) is 5.96. The van der Waals surface area contributed by atoms with E-state index < -0.39 is 0 Å². The molecule has 0 atom stereocenters. The minimum atomic E-state index is 0.0752. The van der Waals surface area contributed by atoms with E-state index in [9.17, 15) is 4.79 Å². The third kappa shape index (κ3) is 3.92. The van der Waals surface area contributed by atoms with E-state index in [1.54, 1.807) is 12.4 Å². The number of nitrogens with one attached hydrogen (secondary N) is 1. The summed E-state index contributed by atoms with van der Waals surface area (Å²) < 4.78 is 0. The number of ketones is 1. The SMILES string of the molecule is O=C(c1ccccc1)c1ccccc1.c1cn[nH]c1. The molecule has 0 spiro atoms. The number of H-pyrrole nitrogens is 1. The number of hydrogen-bond donors (Lipinski definition) is 1. The number of rotatable bonds is 2. The third-order valence-corrected chi connectivity index (χ3v) is 2.48. The number of aromatic amines is 1. The van der Waals surface area contributed by atoms with Gasteiger partial charge in [-0.25, -0.2) is 0 Å². The summed E-state index contributed by atoms with van der Waals surface area (Å²) in [5.74, 6) is 0.0752. The van der Waals surface area contributed by atoms with Crippen LogP contribution in [0.15, 0.2) is 79.1 Å². The minimum absolute atomic E-state index is 0.0752. The maximum Gasteiger partial charge on any atom is 0.193 e. The molecule has 1 N–H and O–H groups in total. The molecule has 2 aromatic carbocycles. The Balaban J connectivity index is 0.000000224. The van der Waals surface area contributed by atoms with Gasteiger partial charge in [-0.1, -0.05) is 60.7 Å². The molecular formula is C16H14N2O. The van der Waals surface area contributed by atoms with Crippen molar-refractivity contribution < 1.29 is 4.79 Å². The summed E-state index contributed by atoms with van der Waals surface area (Å²) >= 11 is 0. The van der Waals surface area contributed by atoms with E-state index in [0.29, 0.717) is 0 Å². The lowest BCUT2D eigenvalue weighted by Gasteiger charge is -1.99. The van der Waals surface area contributed by atoms with E-state index in [2.05, 4.69) is 10.2 Å². The summed E-state index contributed by atoms with van der Waals surface area (Å²) in [5, 5.41) is 6.21. The van der Waals surface area contributed by atoms with Gasteiger partial charge < -0.3 is 0 Å². The number of aromatic nitrogens is 2. The standard InChI is InChI=1S/C13H10O.C3H4N2/c14-13(11-7-3-1-4-8-11)12-9-5-2-6-10-12;1-2-4-5-3-1/h1-10H;1-3H,(H,4,5). The van der Waals surface area contributed by atoms with Gasteiger partial charge in [-0.3, -0.25) is 9.89 Å². The summed E-state index contributed by atoms with van der Waals surface area (Å²) in [5.41, 5.74) is 1.47. The van der Waals surface area contributed by atoms with E-state index in [4.69, 9.17) is 0 Å². The van der Waals surface area contributed by atoms with E-state index in [-0.39, 0.29) is 5.78 Å². The molecule has 0 aliphatic carbocycles. The second kappa shape index (κ2) is 6.91. The van der Waals surface area contributed by atoms with Crippen molar-refractivity contribution >= 4 is 5.78 Å². The van der Waals surface area contributed by atoms with Gasteiger partial charge in [0.05, 0.1) is 0 Å². The van der Waals surface area contributed by atoms with Crippen LogP contribution in [0.25, 0.3) is 0 Å². The van der Waals surface area contributed by atoms with Crippen LogP contribution in [0.2, 0.25) is 0 Å². The highest BCUT2D eigenvalue weighted by atomic mass is 16.1. The van der Waals surface area contributed by atoms with Gasteiger partial charge in [0, 0.05) is 23.5 Å². The Hall–Kier alpha value is -2.68. The summed E-state index contributed by atoms with van der Waals surface area (Å²) in [6, 6.07) is 20.4. The fourth-order valence-electron chi connectivity index (χ4n) is 1.56. The van der Waals surface area contributed by atoms with E-state index in [1.165, 1.54) is 0 Å². The summed E-state index contributed by atoms with van der Waals surface area (Å²) in [6.45, 7) is 0. The first-order valence-electron chi connectivity index (χ1n) is 5.96. The van der Waals surface area contributed by atoms with Gasteiger partial charge in [-0.2, -0.15) is 5.10 Å². The van der Waals surface area contributed by atoms with E-state index >= 15 is 0 Å². The van der Waals surface area contributed by atoms with E-state index in [0.717, 1.165) is 11.1 Å². The Bertz CT molecular complexity index is 530. The smallest absolute Gasteiger partial charge is 0.193 e. The van der Waals surface area contributed by atoms with Crippen LogP contribution in [-0.2, 0) is 0 Å². The van der Waals surface area contributed by atoms with Crippen LogP contribution in [-0.4, -0.2) is 16.0 Å². The lowest BCUT2D eigenvalue weighted by molar-refractivity contribution is 0.103. The molecule has 0 radical (unpaired) electrons. The van der Waals surface area contributed by atoms with Crippen LogP contribution in [0.5, 0.6) is 0 Å². The normalized spacial score (nSPS) is 9.26. The second-order valence-corrected chi connectivity index (χ2v) is 3.83. The van der Waals surface area contributed by atoms with Crippen LogP contribution in [0, 0.1) is 0 Å². The lowest BCUT2D eigenvalue weighted by atomic mass is 10.0. The van der Waals surface area contributed by atoms with Gasteiger partial charge >= 0.3 is 0 Å². The largest absolute Gasteiger partial charge is 0.289 e. The molecule has 0 saturated heterocycles. The van der Waals surface area contributed by atoms with Crippen molar-refractivity contribution in [2.45, 2.75) is 0 Å². The Morgan fingerprint density at radius 3 is 1.63 bits per heavy atom. The van der Waals surface area contributed by atoms with Crippen LogP contribution in [0.1, 0.15) is 15.9 Å². The average Bonchev–Trinajstić information content (AvgIpc) is 3.08. The molecule has 3 nitrogen and oxygen atoms in total. The van der Waals surface area contributed by atoms with Gasteiger partial charge in [0.1, 0.15) is 0 Å². The lowest BCUT2D eigenvalue weighted by Crippen LogP contribution is -1.99. The van der Waals surface area contributed by atoms with Gasteiger partial charge in [0.15, 0.2) is 5.78 Å². The fraction of sp³-hybridized carbons (Fsp3) is 0. The molecule has 19 heavy (non-hydrogen) atoms. The molecule has 3 heteroatoms. The highest BCUT2D eigenvalue weighted by Crippen LogP contribution is 2.08. The van der Waals surface area contributed by atoms with Crippen molar-refractivity contribution in [3.63, 3.8) is 0 Å². The highest BCUT2D eigenvalue weighted by Gasteiger charge is 2.06. The number of nitrogens with zero attached hydrogens (tertiary/aromatic N) is 1. The van der Waals surface area contributed by atoms with Gasteiger partial charge in [-0.05, 0) is 6.07 Å². The molecule has 0 amide bonds. The maximum absolute atomic E-state index is 11.8. The topological polar surface area (TPSA) is 45.8 Å². The minimum Gasteiger partial charge on any atom is -0.289 e. The van der Waals surface area contributed by atoms with Crippen LogP contribution >= 0.6 is 0 Å². The second-order valence-electron chi connectivity index (χ2n) is 3.83. The first-order chi connectivity index (χ1) is 9.38. The molecule has 0 aliphatic heterocycles. The van der Waals surface area contributed by atoms with Crippen molar-refractivity contribution in [1.29, 1.82) is 0 Å². The molecule has 94 valence electrons. The maximum atomic E-state index is 11.8. The van der Waals surface area contributed by atoms with Crippen molar-refractivity contribution in [1.82, 2.24) is 10.2 Å². The van der Waals surface area contributed by atoms with Crippen molar-refractivity contribution in [3.05, 3.63) is 90.3 Å². The molecule has 3 rings (SSSR count). The molecule has 0 aliphatic rings. The van der Waals surface area contributed by atoms with Crippen molar-refractivity contribution in [2.24, 2.45) is 0 Å². The van der Waals surface area contributed by atoms with E-state index in [1.807, 2.05) is 66.7 Å². The molecule has 0 saturated carbocycles. The monoisotopic (exact) mass is 250 g/mol. The fourth-order valence-corrected chi connectivity index (χ4v) is 1.56. The van der Waals surface area contributed by atoms with Crippen molar-refractivity contribution in [2.75, 3.05) is 0 Å². The first kappa shape index (κ1) is 12.8. The Kier molecular flexibility index (Phi) is 4.64. The summed E-state index contributed by atoms with van der Waals surface area (Å²) in [4.78, 5) is 11.8. The molecule has 0 bridgehead atoms. The van der Waals surface area contributed by atoms with Crippen LogP contribution in [0.3, 0.4) is 0 Å². The molecule has 0 unspecified atom stereocenters. The van der Waals surface area contributed by atoms with Crippen LogP contribution in [0.4, 0.5) is 0 Å². The number of hydrogen-bond acceptors (Lipinski definition) is 2. The third-order valence-electron chi connectivity index (χ3n) is 2.48. The van der Waals surface area contributed by atoms with Gasteiger partial charge in [-0.15, -0.1) is 0 Å². The number of benzene rings is 2. The zero-order chi connectivity index (χ0) is 13.3. The summed E-state index contributed by atoms with van der Waals surface area (Å²) in [6.07, 6.45) is 3.46.